The predicted octanol–water partition coefficient (Wildman–Crippen LogP) is 2.04. The molecule has 0 rings (SSSR count). The third-order valence-electron chi connectivity index (χ3n) is 1.44. The first kappa shape index (κ1) is 11.0. The summed E-state index contributed by atoms with van der Waals surface area (Å²) in [6.07, 6.45) is 8.00. The maximum atomic E-state index is 11.0. The largest absolute Gasteiger partial charge is 0.356 e. The van der Waals surface area contributed by atoms with Crippen LogP contribution in [0.3, 0.4) is 0 Å². The van der Waals surface area contributed by atoms with Crippen molar-refractivity contribution in [3.05, 3.63) is 24.8 Å². The van der Waals surface area contributed by atoms with E-state index < -0.39 is 0 Å². The number of allylic oxidation sites excluding steroid dienone is 2. The van der Waals surface area contributed by atoms with E-state index in [0.717, 1.165) is 19.4 Å². The van der Waals surface area contributed by atoms with E-state index >= 15 is 0 Å². The van der Waals surface area contributed by atoms with Gasteiger partial charge in [-0.05, 0) is 19.8 Å². The quantitative estimate of drug-likeness (QED) is 0.476. The molecule has 0 fully saturated rings. The SMILES string of the molecule is C=CCCC(=O)NCC/C=C\C. The van der Waals surface area contributed by atoms with Gasteiger partial charge in [-0.1, -0.05) is 18.2 Å². The average molecular weight is 167 g/mol. The van der Waals surface area contributed by atoms with Gasteiger partial charge in [0, 0.05) is 13.0 Å². The molecule has 0 heterocycles. The maximum absolute atomic E-state index is 11.0. The van der Waals surface area contributed by atoms with Crippen LogP contribution >= 0.6 is 0 Å². The van der Waals surface area contributed by atoms with Crippen molar-refractivity contribution in [2.24, 2.45) is 0 Å². The van der Waals surface area contributed by atoms with E-state index in [1.807, 2.05) is 19.1 Å². The van der Waals surface area contributed by atoms with Crippen molar-refractivity contribution >= 4 is 5.91 Å². The van der Waals surface area contributed by atoms with Crippen LogP contribution in [0.5, 0.6) is 0 Å². The van der Waals surface area contributed by atoms with Gasteiger partial charge < -0.3 is 5.32 Å². The minimum absolute atomic E-state index is 0.111. The lowest BCUT2D eigenvalue weighted by Gasteiger charge is -2.00. The molecule has 0 aliphatic rings. The lowest BCUT2D eigenvalue weighted by Crippen LogP contribution is -2.23. The van der Waals surface area contributed by atoms with Crippen LogP contribution in [-0.4, -0.2) is 12.5 Å². The number of rotatable bonds is 6. The van der Waals surface area contributed by atoms with Gasteiger partial charge >= 0.3 is 0 Å². The molecule has 68 valence electrons. The van der Waals surface area contributed by atoms with E-state index in [-0.39, 0.29) is 5.91 Å². The zero-order valence-electron chi connectivity index (χ0n) is 7.68. The minimum Gasteiger partial charge on any atom is -0.356 e. The van der Waals surface area contributed by atoms with E-state index in [9.17, 15) is 4.79 Å². The molecule has 0 aromatic heterocycles. The third-order valence-corrected chi connectivity index (χ3v) is 1.44. The molecule has 0 radical (unpaired) electrons. The molecule has 2 nitrogen and oxygen atoms in total. The molecule has 0 atom stereocenters. The molecule has 0 aromatic rings. The summed E-state index contributed by atoms with van der Waals surface area (Å²) in [6, 6.07) is 0. The average Bonchev–Trinajstić information content (AvgIpc) is 2.09. The van der Waals surface area contributed by atoms with Crippen LogP contribution in [0.25, 0.3) is 0 Å². The van der Waals surface area contributed by atoms with Crippen molar-refractivity contribution < 1.29 is 4.79 Å². The second-order valence-electron chi connectivity index (χ2n) is 2.54. The van der Waals surface area contributed by atoms with Crippen LogP contribution in [0.2, 0.25) is 0 Å². The van der Waals surface area contributed by atoms with Gasteiger partial charge in [0.15, 0.2) is 0 Å². The topological polar surface area (TPSA) is 29.1 Å². The van der Waals surface area contributed by atoms with Crippen molar-refractivity contribution in [3.8, 4) is 0 Å². The first-order valence-corrected chi connectivity index (χ1v) is 4.30. The first-order chi connectivity index (χ1) is 5.81. The van der Waals surface area contributed by atoms with E-state index in [4.69, 9.17) is 0 Å². The normalized spacial score (nSPS) is 10.1. The number of carbonyl (C=O) groups is 1. The van der Waals surface area contributed by atoms with Gasteiger partial charge in [-0.25, -0.2) is 0 Å². The standard InChI is InChI=1S/C10H17NO/c1-3-5-7-9-11-10(12)8-6-4-2/h3-5H,2,6-9H2,1H3,(H,11,12)/b5-3-. The summed E-state index contributed by atoms with van der Waals surface area (Å²) in [6.45, 7) is 6.26. The lowest BCUT2D eigenvalue weighted by atomic mass is 10.3. The van der Waals surface area contributed by atoms with Gasteiger partial charge in [-0.3, -0.25) is 4.79 Å². The highest BCUT2D eigenvalue weighted by atomic mass is 16.1. The summed E-state index contributed by atoms with van der Waals surface area (Å²) >= 11 is 0. The number of amides is 1. The van der Waals surface area contributed by atoms with Crippen LogP contribution in [-0.2, 0) is 4.79 Å². The molecule has 2 heteroatoms. The fraction of sp³-hybridized carbons (Fsp3) is 0.500. The molecule has 0 aromatic carbocycles. The second-order valence-corrected chi connectivity index (χ2v) is 2.54. The first-order valence-electron chi connectivity index (χ1n) is 4.30. The van der Waals surface area contributed by atoms with Gasteiger partial charge in [0.25, 0.3) is 0 Å². The summed E-state index contributed by atoms with van der Waals surface area (Å²) in [4.78, 5) is 11.0. The van der Waals surface area contributed by atoms with Crippen LogP contribution in [0.1, 0.15) is 26.2 Å². The van der Waals surface area contributed by atoms with Crippen molar-refractivity contribution in [2.45, 2.75) is 26.2 Å². The smallest absolute Gasteiger partial charge is 0.220 e. The van der Waals surface area contributed by atoms with Crippen molar-refractivity contribution in [1.82, 2.24) is 5.32 Å². The van der Waals surface area contributed by atoms with Crippen LogP contribution in [0.4, 0.5) is 0 Å². The Bertz CT molecular complexity index is 161. The lowest BCUT2D eigenvalue weighted by molar-refractivity contribution is -0.120. The van der Waals surface area contributed by atoms with E-state index in [1.54, 1.807) is 6.08 Å². The molecular weight excluding hydrogens is 150 g/mol. The summed E-state index contributed by atoms with van der Waals surface area (Å²) in [5.74, 6) is 0.111. The highest BCUT2D eigenvalue weighted by Gasteiger charge is 1.95. The van der Waals surface area contributed by atoms with E-state index in [1.165, 1.54) is 0 Å². The molecule has 1 N–H and O–H groups in total. The monoisotopic (exact) mass is 167 g/mol. The molecule has 1 amide bonds. The highest BCUT2D eigenvalue weighted by Crippen LogP contribution is 1.89. The Balaban J connectivity index is 3.25. The maximum Gasteiger partial charge on any atom is 0.220 e. The zero-order valence-corrected chi connectivity index (χ0v) is 7.68. The number of hydrogen-bond acceptors (Lipinski definition) is 1. The fourth-order valence-electron chi connectivity index (χ4n) is 0.783. The van der Waals surface area contributed by atoms with Crippen molar-refractivity contribution in [3.63, 3.8) is 0 Å². The Morgan fingerprint density at radius 3 is 2.83 bits per heavy atom. The molecule has 0 unspecified atom stereocenters. The Morgan fingerprint density at radius 2 is 2.25 bits per heavy atom. The number of carbonyl (C=O) groups excluding carboxylic acids is 1. The van der Waals surface area contributed by atoms with Crippen molar-refractivity contribution in [1.29, 1.82) is 0 Å². The second kappa shape index (κ2) is 8.05. The molecule has 0 aliphatic heterocycles. The van der Waals surface area contributed by atoms with E-state index in [0.29, 0.717) is 6.42 Å². The van der Waals surface area contributed by atoms with Crippen LogP contribution < -0.4 is 5.32 Å². The summed E-state index contributed by atoms with van der Waals surface area (Å²) in [5.41, 5.74) is 0. The Morgan fingerprint density at radius 1 is 1.50 bits per heavy atom. The molecule has 0 spiro atoms. The van der Waals surface area contributed by atoms with Crippen molar-refractivity contribution in [2.75, 3.05) is 6.54 Å². The van der Waals surface area contributed by atoms with Gasteiger partial charge in [0.05, 0.1) is 0 Å². The predicted molar refractivity (Wildman–Crippen MR) is 51.9 cm³/mol. The third kappa shape index (κ3) is 7.06. The zero-order chi connectivity index (χ0) is 9.23. The number of nitrogens with one attached hydrogen (secondary N) is 1. The molecule has 0 bridgehead atoms. The van der Waals surface area contributed by atoms with Gasteiger partial charge in [-0.2, -0.15) is 0 Å². The Kier molecular flexibility index (Phi) is 7.35. The van der Waals surface area contributed by atoms with Gasteiger partial charge in [0.1, 0.15) is 0 Å². The molecule has 12 heavy (non-hydrogen) atoms. The van der Waals surface area contributed by atoms with Gasteiger partial charge in [-0.15, -0.1) is 6.58 Å². The molecular formula is C10H17NO. The highest BCUT2D eigenvalue weighted by molar-refractivity contribution is 5.75. The van der Waals surface area contributed by atoms with Gasteiger partial charge in [0.2, 0.25) is 5.91 Å². The van der Waals surface area contributed by atoms with Crippen LogP contribution in [0.15, 0.2) is 24.8 Å². The molecule has 0 saturated heterocycles. The minimum atomic E-state index is 0.111. The summed E-state index contributed by atoms with van der Waals surface area (Å²) in [7, 11) is 0. The van der Waals surface area contributed by atoms with Crippen LogP contribution in [0, 0.1) is 0 Å². The molecule has 0 aliphatic carbocycles. The Hall–Kier alpha value is -1.05. The van der Waals surface area contributed by atoms with E-state index in [2.05, 4.69) is 11.9 Å². The number of hydrogen-bond donors (Lipinski definition) is 1. The Labute approximate surface area is 74.4 Å². The summed E-state index contributed by atoms with van der Waals surface area (Å²) in [5, 5.41) is 2.81. The summed E-state index contributed by atoms with van der Waals surface area (Å²) < 4.78 is 0. The fourth-order valence-corrected chi connectivity index (χ4v) is 0.783. The molecule has 0 saturated carbocycles.